The molecular weight excluding hydrogens is 318 g/mol. The molecule has 8 nitrogen and oxygen atoms in total. The van der Waals surface area contributed by atoms with Gasteiger partial charge in [-0.3, -0.25) is 9.59 Å². The number of aliphatic carboxylic acids is 1. The molecule has 1 heterocycles. The van der Waals surface area contributed by atoms with Crippen molar-refractivity contribution in [3.63, 3.8) is 0 Å². The number of carboxylic acid groups (broad SMARTS) is 1. The standard InChI is InChI=1S/C16H17NO7/c1-2-24-16(23)10-7-17-11-4-3-8(5-9(11)15(10)22)14(21)12(18)6-13(19)20/h3-5,7,12,14,18,21H,2,6H2,1H3,(H,17,22)(H,19,20). The largest absolute Gasteiger partial charge is 0.481 e. The van der Waals surface area contributed by atoms with Crippen molar-refractivity contribution in [2.24, 2.45) is 0 Å². The minimum atomic E-state index is -1.52. The average Bonchev–Trinajstić information content (AvgIpc) is 2.53. The lowest BCUT2D eigenvalue weighted by Crippen LogP contribution is -2.22. The van der Waals surface area contributed by atoms with Crippen LogP contribution in [-0.4, -0.2) is 45.0 Å². The number of aromatic amines is 1. The highest BCUT2D eigenvalue weighted by molar-refractivity contribution is 5.93. The quantitative estimate of drug-likeness (QED) is 0.566. The summed E-state index contributed by atoms with van der Waals surface area (Å²) in [7, 11) is 0. The number of ether oxygens (including phenoxy) is 1. The second-order valence-corrected chi connectivity index (χ2v) is 5.17. The Labute approximate surface area is 136 Å². The maximum Gasteiger partial charge on any atom is 0.343 e. The molecule has 0 spiro atoms. The molecule has 24 heavy (non-hydrogen) atoms. The molecule has 2 atom stereocenters. The van der Waals surface area contributed by atoms with E-state index < -0.39 is 36.0 Å². The lowest BCUT2D eigenvalue weighted by atomic mass is 9.99. The van der Waals surface area contributed by atoms with Gasteiger partial charge in [-0.1, -0.05) is 6.07 Å². The normalized spacial score (nSPS) is 13.5. The number of hydrogen-bond donors (Lipinski definition) is 4. The molecule has 1 aromatic heterocycles. The van der Waals surface area contributed by atoms with E-state index in [1.165, 1.54) is 24.4 Å². The number of aromatic nitrogens is 1. The number of carbonyl (C=O) groups is 2. The van der Waals surface area contributed by atoms with Crippen LogP contribution in [0.3, 0.4) is 0 Å². The molecule has 0 radical (unpaired) electrons. The van der Waals surface area contributed by atoms with E-state index in [4.69, 9.17) is 9.84 Å². The minimum Gasteiger partial charge on any atom is -0.481 e. The molecule has 0 aliphatic rings. The second-order valence-electron chi connectivity index (χ2n) is 5.17. The number of H-pyrrole nitrogens is 1. The van der Waals surface area contributed by atoms with Crippen molar-refractivity contribution in [1.29, 1.82) is 0 Å². The van der Waals surface area contributed by atoms with E-state index in [9.17, 15) is 24.6 Å². The average molecular weight is 335 g/mol. The molecule has 0 fully saturated rings. The molecule has 0 amide bonds. The summed E-state index contributed by atoms with van der Waals surface area (Å²) in [6.07, 6.45) is -2.39. The lowest BCUT2D eigenvalue weighted by molar-refractivity contribution is -0.141. The fourth-order valence-electron chi connectivity index (χ4n) is 2.29. The van der Waals surface area contributed by atoms with Crippen LogP contribution in [0, 0.1) is 0 Å². The van der Waals surface area contributed by atoms with Crippen molar-refractivity contribution in [3.8, 4) is 0 Å². The van der Waals surface area contributed by atoms with Gasteiger partial charge in [0.05, 0.1) is 19.1 Å². The molecule has 2 rings (SSSR count). The van der Waals surface area contributed by atoms with E-state index in [-0.39, 0.29) is 23.1 Å². The maximum atomic E-state index is 12.4. The van der Waals surface area contributed by atoms with Crippen molar-refractivity contribution in [2.75, 3.05) is 6.61 Å². The van der Waals surface area contributed by atoms with Gasteiger partial charge in [0.25, 0.3) is 0 Å². The molecule has 128 valence electrons. The van der Waals surface area contributed by atoms with Crippen LogP contribution in [-0.2, 0) is 9.53 Å². The monoisotopic (exact) mass is 335 g/mol. The molecule has 8 heteroatoms. The fourth-order valence-corrected chi connectivity index (χ4v) is 2.29. The van der Waals surface area contributed by atoms with Crippen LogP contribution in [0.5, 0.6) is 0 Å². The van der Waals surface area contributed by atoms with Gasteiger partial charge in [-0.25, -0.2) is 4.79 Å². The number of aliphatic hydroxyl groups is 2. The molecule has 0 saturated heterocycles. The van der Waals surface area contributed by atoms with Gasteiger partial charge in [-0.2, -0.15) is 0 Å². The van der Waals surface area contributed by atoms with Crippen LogP contribution >= 0.6 is 0 Å². The zero-order valence-electron chi connectivity index (χ0n) is 12.9. The third kappa shape index (κ3) is 3.61. The van der Waals surface area contributed by atoms with Crippen LogP contribution in [0.15, 0.2) is 29.2 Å². The minimum absolute atomic E-state index is 0.121. The highest BCUT2D eigenvalue weighted by Crippen LogP contribution is 2.22. The predicted octanol–water partition coefficient (Wildman–Crippen LogP) is 0.574. The smallest absolute Gasteiger partial charge is 0.343 e. The summed E-state index contributed by atoms with van der Waals surface area (Å²) < 4.78 is 4.80. The summed E-state index contributed by atoms with van der Waals surface area (Å²) in [5.74, 6) is -2.03. The lowest BCUT2D eigenvalue weighted by Gasteiger charge is -2.17. The SMILES string of the molecule is CCOC(=O)c1c[nH]c2ccc(C(O)C(O)CC(=O)O)cc2c1=O. The number of rotatable bonds is 6. The van der Waals surface area contributed by atoms with Crippen LogP contribution in [0.25, 0.3) is 10.9 Å². The van der Waals surface area contributed by atoms with E-state index >= 15 is 0 Å². The summed E-state index contributed by atoms with van der Waals surface area (Å²) in [6.45, 7) is 1.74. The Bertz CT molecular complexity index is 827. The molecule has 4 N–H and O–H groups in total. The van der Waals surface area contributed by atoms with E-state index in [1.807, 2.05) is 0 Å². The summed E-state index contributed by atoms with van der Waals surface area (Å²) in [5.41, 5.74) is -0.162. The molecule has 0 bridgehead atoms. The van der Waals surface area contributed by atoms with Crippen molar-refractivity contribution >= 4 is 22.8 Å². The van der Waals surface area contributed by atoms with E-state index in [0.29, 0.717) is 5.52 Å². The first-order valence-corrected chi connectivity index (χ1v) is 7.25. The summed E-state index contributed by atoms with van der Waals surface area (Å²) in [6, 6.07) is 4.27. The van der Waals surface area contributed by atoms with Crippen molar-refractivity contribution in [1.82, 2.24) is 4.98 Å². The number of benzene rings is 1. The zero-order chi connectivity index (χ0) is 17.9. The third-order valence-corrected chi connectivity index (χ3v) is 3.49. The number of aliphatic hydroxyl groups excluding tert-OH is 2. The second kappa shape index (κ2) is 7.24. The Balaban J connectivity index is 2.45. The van der Waals surface area contributed by atoms with Gasteiger partial charge in [-0.15, -0.1) is 0 Å². The molecule has 0 aliphatic heterocycles. The Morgan fingerprint density at radius 3 is 2.62 bits per heavy atom. The Hall–Kier alpha value is -2.71. The van der Waals surface area contributed by atoms with Crippen molar-refractivity contribution in [3.05, 3.63) is 45.7 Å². The first kappa shape index (κ1) is 17.6. The number of carboxylic acids is 1. The Kier molecular flexibility index (Phi) is 5.32. The topological polar surface area (TPSA) is 137 Å². The van der Waals surface area contributed by atoms with Gasteiger partial charge in [0.1, 0.15) is 11.7 Å². The molecule has 0 saturated carbocycles. The van der Waals surface area contributed by atoms with Gasteiger partial charge in [0.15, 0.2) is 0 Å². The number of nitrogens with one attached hydrogen (secondary N) is 1. The van der Waals surface area contributed by atoms with Crippen molar-refractivity contribution in [2.45, 2.75) is 25.6 Å². The predicted molar refractivity (Wildman–Crippen MR) is 83.7 cm³/mol. The number of hydrogen-bond acceptors (Lipinski definition) is 6. The zero-order valence-corrected chi connectivity index (χ0v) is 12.9. The van der Waals surface area contributed by atoms with Crippen LogP contribution in [0.1, 0.15) is 35.4 Å². The van der Waals surface area contributed by atoms with Gasteiger partial charge >= 0.3 is 11.9 Å². The molecule has 0 aliphatic carbocycles. The van der Waals surface area contributed by atoms with Crippen molar-refractivity contribution < 1.29 is 29.6 Å². The number of pyridine rings is 1. The molecule has 1 aromatic carbocycles. The summed E-state index contributed by atoms with van der Waals surface area (Å²) in [4.78, 5) is 37.6. The van der Waals surface area contributed by atoms with E-state index in [2.05, 4.69) is 4.98 Å². The fraction of sp³-hybridized carbons (Fsp3) is 0.312. The van der Waals surface area contributed by atoms with Crippen LogP contribution < -0.4 is 5.43 Å². The Morgan fingerprint density at radius 2 is 2.00 bits per heavy atom. The van der Waals surface area contributed by atoms with Gasteiger partial charge in [0, 0.05) is 17.1 Å². The van der Waals surface area contributed by atoms with E-state index in [0.717, 1.165) is 0 Å². The highest BCUT2D eigenvalue weighted by atomic mass is 16.5. The first-order chi connectivity index (χ1) is 11.3. The number of carbonyl (C=O) groups excluding carboxylic acids is 1. The molecule has 2 unspecified atom stereocenters. The maximum absolute atomic E-state index is 12.4. The number of fused-ring (bicyclic) bond motifs is 1. The van der Waals surface area contributed by atoms with Gasteiger partial charge in [-0.05, 0) is 24.6 Å². The van der Waals surface area contributed by atoms with Gasteiger partial charge in [0.2, 0.25) is 5.43 Å². The third-order valence-electron chi connectivity index (χ3n) is 3.49. The van der Waals surface area contributed by atoms with Gasteiger partial charge < -0.3 is 25.0 Å². The highest BCUT2D eigenvalue weighted by Gasteiger charge is 2.22. The first-order valence-electron chi connectivity index (χ1n) is 7.25. The van der Waals surface area contributed by atoms with Crippen LogP contribution in [0.4, 0.5) is 0 Å². The number of esters is 1. The Morgan fingerprint density at radius 1 is 1.29 bits per heavy atom. The molecule has 2 aromatic rings. The van der Waals surface area contributed by atoms with E-state index in [1.54, 1.807) is 6.92 Å². The van der Waals surface area contributed by atoms with Crippen LogP contribution in [0.2, 0.25) is 0 Å². The molecular formula is C16H17NO7. The summed E-state index contributed by atoms with van der Waals surface area (Å²) in [5, 5.41) is 28.5. The summed E-state index contributed by atoms with van der Waals surface area (Å²) >= 11 is 0.